The smallest absolute Gasteiger partial charge is 0.0642 e. The van der Waals surface area contributed by atoms with E-state index in [1.54, 1.807) is 0 Å². The minimum Gasteiger partial charge on any atom is -0.370 e. The summed E-state index contributed by atoms with van der Waals surface area (Å²) in [6.07, 6.45) is 2.53. The van der Waals surface area contributed by atoms with Crippen molar-refractivity contribution in [2.45, 2.75) is 39.7 Å². The second-order valence-corrected chi connectivity index (χ2v) is 6.48. The fourth-order valence-corrected chi connectivity index (χ4v) is 3.18. The summed E-state index contributed by atoms with van der Waals surface area (Å²) in [5.41, 5.74) is 8.15. The SMILES string of the molecule is CC(C)C1CCN(c2ccc([C@@H](C)N)cc2Cl)CC1. The molecule has 0 bridgehead atoms. The van der Waals surface area contributed by atoms with Crippen LogP contribution in [0.2, 0.25) is 5.02 Å². The first-order valence-corrected chi connectivity index (χ1v) is 7.66. The summed E-state index contributed by atoms with van der Waals surface area (Å²) < 4.78 is 0. The van der Waals surface area contributed by atoms with Crippen molar-refractivity contribution in [3.05, 3.63) is 28.8 Å². The number of hydrogen-bond donors (Lipinski definition) is 1. The van der Waals surface area contributed by atoms with Crippen LogP contribution in [0.1, 0.15) is 45.2 Å². The maximum Gasteiger partial charge on any atom is 0.0642 e. The Morgan fingerprint density at radius 2 is 1.84 bits per heavy atom. The molecule has 19 heavy (non-hydrogen) atoms. The van der Waals surface area contributed by atoms with E-state index in [-0.39, 0.29) is 6.04 Å². The lowest BCUT2D eigenvalue weighted by Crippen LogP contribution is -2.35. The summed E-state index contributed by atoms with van der Waals surface area (Å²) in [6.45, 7) is 8.86. The molecule has 1 aliphatic heterocycles. The molecule has 1 aliphatic rings. The number of piperidine rings is 1. The monoisotopic (exact) mass is 280 g/mol. The standard InChI is InChI=1S/C16H25ClN2/c1-11(2)13-6-8-19(9-7-13)16-5-4-14(12(3)18)10-15(16)17/h4-5,10-13H,6-9,18H2,1-3H3/t12-/m1/s1. The van der Waals surface area contributed by atoms with Gasteiger partial charge < -0.3 is 10.6 Å². The van der Waals surface area contributed by atoms with Gasteiger partial charge in [-0.2, -0.15) is 0 Å². The van der Waals surface area contributed by atoms with Gasteiger partial charge in [0.2, 0.25) is 0 Å². The normalized spacial score (nSPS) is 18.9. The fraction of sp³-hybridized carbons (Fsp3) is 0.625. The molecule has 0 aliphatic carbocycles. The first kappa shape index (κ1) is 14.7. The van der Waals surface area contributed by atoms with E-state index in [9.17, 15) is 0 Å². The Balaban J connectivity index is 2.07. The maximum absolute atomic E-state index is 6.41. The van der Waals surface area contributed by atoms with Gasteiger partial charge in [0.25, 0.3) is 0 Å². The van der Waals surface area contributed by atoms with E-state index in [1.807, 2.05) is 13.0 Å². The Bertz CT molecular complexity index is 421. The minimum atomic E-state index is 0.0400. The van der Waals surface area contributed by atoms with Gasteiger partial charge in [-0.05, 0) is 49.3 Å². The number of nitrogens with zero attached hydrogens (tertiary/aromatic N) is 1. The summed E-state index contributed by atoms with van der Waals surface area (Å²) >= 11 is 6.41. The van der Waals surface area contributed by atoms with Gasteiger partial charge >= 0.3 is 0 Å². The highest BCUT2D eigenvalue weighted by atomic mass is 35.5. The fourth-order valence-electron chi connectivity index (χ4n) is 2.87. The molecular formula is C16H25ClN2. The first-order valence-electron chi connectivity index (χ1n) is 7.29. The van der Waals surface area contributed by atoms with Crippen molar-refractivity contribution in [2.75, 3.05) is 18.0 Å². The molecule has 1 fully saturated rings. The quantitative estimate of drug-likeness (QED) is 0.898. The van der Waals surface area contributed by atoms with Crippen LogP contribution in [-0.2, 0) is 0 Å². The Morgan fingerprint density at radius 1 is 1.21 bits per heavy atom. The van der Waals surface area contributed by atoms with Crippen molar-refractivity contribution in [1.29, 1.82) is 0 Å². The third kappa shape index (κ3) is 3.43. The number of benzene rings is 1. The van der Waals surface area contributed by atoms with Crippen molar-refractivity contribution in [2.24, 2.45) is 17.6 Å². The van der Waals surface area contributed by atoms with Gasteiger partial charge in [0.15, 0.2) is 0 Å². The first-order chi connectivity index (χ1) is 8.99. The van der Waals surface area contributed by atoms with Crippen LogP contribution in [0.3, 0.4) is 0 Å². The third-order valence-electron chi connectivity index (χ3n) is 4.32. The van der Waals surface area contributed by atoms with Crippen molar-refractivity contribution in [1.82, 2.24) is 0 Å². The van der Waals surface area contributed by atoms with E-state index < -0.39 is 0 Å². The molecule has 0 unspecified atom stereocenters. The van der Waals surface area contributed by atoms with E-state index in [4.69, 9.17) is 17.3 Å². The van der Waals surface area contributed by atoms with Crippen LogP contribution in [0.15, 0.2) is 18.2 Å². The molecule has 1 aromatic carbocycles. The van der Waals surface area contributed by atoms with E-state index in [1.165, 1.54) is 12.8 Å². The molecule has 0 spiro atoms. The summed E-state index contributed by atoms with van der Waals surface area (Å²) in [7, 11) is 0. The van der Waals surface area contributed by atoms with Gasteiger partial charge in [-0.15, -0.1) is 0 Å². The van der Waals surface area contributed by atoms with E-state index in [0.717, 1.165) is 41.2 Å². The minimum absolute atomic E-state index is 0.0400. The van der Waals surface area contributed by atoms with Gasteiger partial charge in [0, 0.05) is 19.1 Å². The lowest BCUT2D eigenvalue weighted by atomic mass is 9.86. The maximum atomic E-state index is 6.41. The molecule has 1 heterocycles. The number of nitrogens with two attached hydrogens (primary N) is 1. The van der Waals surface area contributed by atoms with E-state index >= 15 is 0 Å². The zero-order chi connectivity index (χ0) is 14.0. The molecule has 0 saturated carbocycles. The van der Waals surface area contributed by atoms with Gasteiger partial charge in [0.05, 0.1) is 10.7 Å². The highest BCUT2D eigenvalue weighted by molar-refractivity contribution is 6.33. The number of anilines is 1. The van der Waals surface area contributed by atoms with Crippen LogP contribution in [0.5, 0.6) is 0 Å². The Hall–Kier alpha value is -0.730. The highest BCUT2D eigenvalue weighted by Crippen LogP contribution is 2.33. The molecule has 1 atom stereocenters. The number of halogens is 1. The average molecular weight is 281 g/mol. The van der Waals surface area contributed by atoms with Crippen molar-refractivity contribution in [3.8, 4) is 0 Å². The molecule has 2 nitrogen and oxygen atoms in total. The molecule has 2 N–H and O–H groups in total. The molecule has 0 amide bonds. The summed E-state index contributed by atoms with van der Waals surface area (Å²) in [5.74, 6) is 1.65. The second-order valence-electron chi connectivity index (χ2n) is 6.07. The molecule has 1 aromatic rings. The van der Waals surface area contributed by atoms with Crippen molar-refractivity contribution in [3.63, 3.8) is 0 Å². The summed E-state index contributed by atoms with van der Waals surface area (Å²) in [5, 5.41) is 0.831. The lowest BCUT2D eigenvalue weighted by molar-refractivity contribution is 0.311. The third-order valence-corrected chi connectivity index (χ3v) is 4.62. The Kier molecular flexibility index (Phi) is 4.75. The zero-order valence-corrected chi connectivity index (χ0v) is 13.0. The molecule has 0 radical (unpaired) electrons. The van der Waals surface area contributed by atoms with E-state index in [0.29, 0.717) is 0 Å². The summed E-state index contributed by atoms with van der Waals surface area (Å²) in [4.78, 5) is 2.41. The van der Waals surface area contributed by atoms with Crippen LogP contribution in [0.25, 0.3) is 0 Å². The number of hydrogen-bond acceptors (Lipinski definition) is 2. The van der Waals surface area contributed by atoms with Crippen LogP contribution >= 0.6 is 11.6 Å². The van der Waals surface area contributed by atoms with Crippen molar-refractivity contribution < 1.29 is 0 Å². The number of rotatable bonds is 3. The highest BCUT2D eigenvalue weighted by Gasteiger charge is 2.22. The van der Waals surface area contributed by atoms with Gasteiger partial charge in [-0.25, -0.2) is 0 Å². The Morgan fingerprint density at radius 3 is 2.32 bits per heavy atom. The van der Waals surface area contributed by atoms with Crippen LogP contribution in [-0.4, -0.2) is 13.1 Å². The molecule has 1 saturated heterocycles. The Labute approximate surface area is 121 Å². The summed E-state index contributed by atoms with van der Waals surface area (Å²) in [6, 6.07) is 6.27. The largest absolute Gasteiger partial charge is 0.370 e. The zero-order valence-electron chi connectivity index (χ0n) is 12.2. The van der Waals surface area contributed by atoms with Crippen LogP contribution in [0, 0.1) is 11.8 Å². The van der Waals surface area contributed by atoms with E-state index in [2.05, 4.69) is 30.9 Å². The van der Waals surface area contributed by atoms with Crippen LogP contribution < -0.4 is 10.6 Å². The molecule has 106 valence electrons. The predicted octanol–water partition coefficient (Wildman–Crippen LogP) is 4.23. The second kappa shape index (κ2) is 6.15. The molecule has 2 rings (SSSR count). The molecule has 0 aromatic heterocycles. The topological polar surface area (TPSA) is 29.3 Å². The van der Waals surface area contributed by atoms with Crippen LogP contribution in [0.4, 0.5) is 5.69 Å². The van der Waals surface area contributed by atoms with Gasteiger partial charge in [-0.1, -0.05) is 31.5 Å². The van der Waals surface area contributed by atoms with Gasteiger partial charge in [0.1, 0.15) is 0 Å². The predicted molar refractivity (Wildman–Crippen MR) is 83.8 cm³/mol. The molecular weight excluding hydrogens is 256 g/mol. The van der Waals surface area contributed by atoms with Crippen molar-refractivity contribution >= 4 is 17.3 Å². The van der Waals surface area contributed by atoms with Gasteiger partial charge in [-0.3, -0.25) is 0 Å². The lowest BCUT2D eigenvalue weighted by Gasteiger charge is -2.35. The average Bonchev–Trinajstić information content (AvgIpc) is 2.38. The molecule has 3 heteroatoms.